The van der Waals surface area contributed by atoms with E-state index in [4.69, 9.17) is 0 Å². The summed E-state index contributed by atoms with van der Waals surface area (Å²) in [5.74, 6) is 6.40. The van der Waals surface area contributed by atoms with E-state index in [9.17, 15) is 0 Å². The SMILES string of the molecule is Cc1nc(C#CCS)sc1C. The van der Waals surface area contributed by atoms with Crippen LogP contribution in [0.5, 0.6) is 0 Å². The van der Waals surface area contributed by atoms with Crippen molar-refractivity contribution in [1.29, 1.82) is 0 Å². The Labute approximate surface area is 76.3 Å². The standard InChI is InChI=1S/C8H9NS2/c1-6-7(2)11-8(9-6)4-3-5-10/h10H,5H2,1-2H3. The molecule has 58 valence electrons. The molecular formula is C8H9NS2. The maximum absolute atomic E-state index is 4.26. The smallest absolute Gasteiger partial charge is 0.167 e. The second-order valence-electron chi connectivity index (χ2n) is 2.12. The van der Waals surface area contributed by atoms with Crippen molar-refractivity contribution < 1.29 is 0 Å². The lowest BCUT2D eigenvalue weighted by Gasteiger charge is -1.77. The van der Waals surface area contributed by atoms with Crippen molar-refractivity contribution in [3.63, 3.8) is 0 Å². The molecule has 1 aromatic heterocycles. The van der Waals surface area contributed by atoms with Crippen LogP contribution < -0.4 is 0 Å². The predicted octanol–water partition coefficient (Wildman–Crippen LogP) is 2.04. The van der Waals surface area contributed by atoms with Crippen molar-refractivity contribution >= 4 is 24.0 Å². The van der Waals surface area contributed by atoms with Gasteiger partial charge in [-0.1, -0.05) is 5.92 Å². The Morgan fingerprint density at radius 1 is 1.55 bits per heavy atom. The van der Waals surface area contributed by atoms with Crippen LogP contribution >= 0.6 is 24.0 Å². The van der Waals surface area contributed by atoms with Crippen LogP contribution in [0, 0.1) is 25.7 Å². The van der Waals surface area contributed by atoms with Crippen molar-refractivity contribution in [2.45, 2.75) is 13.8 Å². The number of nitrogens with zero attached hydrogens (tertiary/aromatic N) is 1. The van der Waals surface area contributed by atoms with E-state index in [1.807, 2.05) is 6.92 Å². The summed E-state index contributed by atoms with van der Waals surface area (Å²) in [5, 5.41) is 0.897. The van der Waals surface area contributed by atoms with Crippen molar-refractivity contribution in [2.75, 3.05) is 5.75 Å². The highest BCUT2D eigenvalue weighted by Crippen LogP contribution is 2.14. The van der Waals surface area contributed by atoms with Gasteiger partial charge in [0.25, 0.3) is 0 Å². The first kappa shape index (κ1) is 8.63. The van der Waals surface area contributed by atoms with E-state index in [0.29, 0.717) is 5.75 Å². The molecule has 0 saturated carbocycles. The zero-order chi connectivity index (χ0) is 8.27. The van der Waals surface area contributed by atoms with E-state index in [1.165, 1.54) is 4.88 Å². The Bertz CT molecular complexity index is 284. The first-order chi connectivity index (χ1) is 5.24. The first-order valence-corrected chi connectivity index (χ1v) is 4.72. The zero-order valence-corrected chi connectivity index (χ0v) is 8.22. The summed E-state index contributed by atoms with van der Waals surface area (Å²) in [4.78, 5) is 5.50. The molecule has 0 amide bonds. The van der Waals surface area contributed by atoms with Crippen molar-refractivity contribution in [3.8, 4) is 11.8 Å². The van der Waals surface area contributed by atoms with Crippen LogP contribution in [0.3, 0.4) is 0 Å². The minimum atomic E-state index is 0.595. The summed E-state index contributed by atoms with van der Waals surface area (Å²) in [5.41, 5.74) is 1.08. The van der Waals surface area contributed by atoms with Crippen LogP contribution in [0.15, 0.2) is 0 Å². The number of hydrogen-bond donors (Lipinski definition) is 1. The summed E-state index contributed by atoms with van der Waals surface area (Å²) >= 11 is 5.62. The van der Waals surface area contributed by atoms with Crippen molar-refractivity contribution in [3.05, 3.63) is 15.6 Å². The van der Waals surface area contributed by atoms with Gasteiger partial charge < -0.3 is 0 Å². The van der Waals surface area contributed by atoms with Crippen LogP contribution in [0.4, 0.5) is 0 Å². The number of rotatable bonds is 0. The largest absolute Gasteiger partial charge is 0.233 e. The summed E-state index contributed by atoms with van der Waals surface area (Å²) in [6.45, 7) is 4.05. The molecule has 11 heavy (non-hydrogen) atoms. The lowest BCUT2D eigenvalue weighted by molar-refractivity contribution is 1.22. The van der Waals surface area contributed by atoms with Crippen LogP contribution in [-0.2, 0) is 0 Å². The highest BCUT2D eigenvalue weighted by Gasteiger charge is 1.98. The fourth-order valence-electron chi connectivity index (χ4n) is 0.641. The lowest BCUT2D eigenvalue weighted by Crippen LogP contribution is -1.74. The third-order valence-corrected chi connectivity index (χ3v) is 2.45. The van der Waals surface area contributed by atoms with Crippen LogP contribution in [0.25, 0.3) is 0 Å². The summed E-state index contributed by atoms with van der Waals surface area (Å²) < 4.78 is 0. The van der Waals surface area contributed by atoms with Gasteiger partial charge in [-0.15, -0.1) is 11.3 Å². The van der Waals surface area contributed by atoms with Gasteiger partial charge in [0.15, 0.2) is 5.01 Å². The maximum atomic E-state index is 4.26. The van der Waals surface area contributed by atoms with Gasteiger partial charge in [0.05, 0.1) is 11.4 Å². The number of thiazole rings is 1. The van der Waals surface area contributed by atoms with Gasteiger partial charge in [-0.2, -0.15) is 12.6 Å². The fraction of sp³-hybridized carbons (Fsp3) is 0.375. The van der Waals surface area contributed by atoms with Crippen LogP contribution in [0.2, 0.25) is 0 Å². The summed E-state index contributed by atoms with van der Waals surface area (Å²) in [6.07, 6.45) is 0. The molecule has 1 aromatic rings. The third-order valence-electron chi connectivity index (χ3n) is 1.30. The molecule has 3 heteroatoms. The highest BCUT2D eigenvalue weighted by atomic mass is 32.1. The van der Waals surface area contributed by atoms with E-state index in [-0.39, 0.29) is 0 Å². The number of aromatic nitrogens is 1. The second-order valence-corrected chi connectivity index (χ2v) is 3.64. The lowest BCUT2D eigenvalue weighted by atomic mass is 10.4. The number of hydrogen-bond acceptors (Lipinski definition) is 3. The molecule has 0 aliphatic rings. The molecule has 0 bridgehead atoms. The highest BCUT2D eigenvalue weighted by molar-refractivity contribution is 7.80. The monoisotopic (exact) mass is 183 g/mol. The minimum Gasteiger partial charge on any atom is -0.233 e. The van der Waals surface area contributed by atoms with Crippen LogP contribution in [-0.4, -0.2) is 10.7 Å². The number of aryl methyl sites for hydroxylation is 2. The Hall–Kier alpha value is -0.460. The quantitative estimate of drug-likeness (QED) is 0.480. The topological polar surface area (TPSA) is 12.9 Å². The maximum Gasteiger partial charge on any atom is 0.167 e. The van der Waals surface area contributed by atoms with Gasteiger partial charge in [-0.25, -0.2) is 4.98 Å². The molecule has 0 aliphatic carbocycles. The molecule has 0 atom stereocenters. The molecule has 0 fully saturated rings. The zero-order valence-electron chi connectivity index (χ0n) is 6.51. The number of thiol groups is 1. The van der Waals surface area contributed by atoms with Gasteiger partial charge in [0, 0.05) is 4.88 Å². The van der Waals surface area contributed by atoms with Gasteiger partial charge in [0.1, 0.15) is 0 Å². The van der Waals surface area contributed by atoms with Crippen LogP contribution in [0.1, 0.15) is 15.6 Å². The van der Waals surface area contributed by atoms with Gasteiger partial charge in [-0.05, 0) is 19.8 Å². The normalized spacial score (nSPS) is 9.00. The van der Waals surface area contributed by atoms with Crippen molar-refractivity contribution in [1.82, 2.24) is 4.98 Å². The Morgan fingerprint density at radius 2 is 2.27 bits per heavy atom. The molecule has 0 radical (unpaired) electrons. The average Bonchev–Trinajstić information content (AvgIpc) is 2.28. The molecule has 1 heterocycles. The second kappa shape index (κ2) is 3.80. The van der Waals surface area contributed by atoms with Gasteiger partial charge >= 0.3 is 0 Å². The molecule has 0 N–H and O–H groups in total. The van der Waals surface area contributed by atoms with E-state index in [2.05, 4.69) is 36.4 Å². The van der Waals surface area contributed by atoms with Crippen molar-refractivity contribution in [2.24, 2.45) is 0 Å². The van der Waals surface area contributed by atoms with Gasteiger partial charge in [-0.3, -0.25) is 0 Å². The van der Waals surface area contributed by atoms with E-state index < -0.39 is 0 Å². The molecule has 0 saturated heterocycles. The van der Waals surface area contributed by atoms with E-state index in [0.717, 1.165) is 10.7 Å². The fourth-order valence-corrected chi connectivity index (χ4v) is 1.51. The molecule has 0 aliphatic heterocycles. The molecular weight excluding hydrogens is 174 g/mol. The summed E-state index contributed by atoms with van der Waals surface area (Å²) in [6, 6.07) is 0. The first-order valence-electron chi connectivity index (χ1n) is 3.28. The minimum absolute atomic E-state index is 0.595. The Balaban J connectivity index is 2.89. The summed E-state index contributed by atoms with van der Waals surface area (Å²) in [7, 11) is 0. The van der Waals surface area contributed by atoms with Gasteiger partial charge in [0.2, 0.25) is 0 Å². The Kier molecular flexibility index (Phi) is 2.98. The molecule has 1 nitrogen and oxygen atoms in total. The molecule has 1 rings (SSSR count). The van der Waals surface area contributed by atoms with E-state index >= 15 is 0 Å². The third kappa shape index (κ3) is 2.25. The molecule has 0 spiro atoms. The predicted molar refractivity (Wildman–Crippen MR) is 52.3 cm³/mol. The Morgan fingerprint density at radius 3 is 2.73 bits per heavy atom. The molecule has 0 aromatic carbocycles. The molecule has 0 unspecified atom stereocenters. The average molecular weight is 183 g/mol. The van der Waals surface area contributed by atoms with E-state index in [1.54, 1.807) is 11.3 Å².